The molecule has 6 heteroatoms. The average Bonchev–Trinajstić information content (AvgIpc) is 2.92. The minimum Gasteiger partial charge on any atom is -0.489 e. The number of benzene rings is 1. The van der Waals surface area contributed by atoms with E-state index < -0.39 is 0 Å². The van der Waals surface area contributed by atoms with Crippen molar-refractivity contribution in [2.75, 3.05) is 6.54 Å². The van der Waals surface area contributed by atoms with Gasteiger partial charge in [-0.05, 0) is 57.9 Å². The van der Waals surface area contributed by atoms with Crippen LogP contribution in [0.2, 0.25) is 0 Å². The van der Waals surface area contributed by atoms with Crippen LogP contribution in [-0.2, 0) is 17.8 Å². The summed E-state index contributed by atoms with van der Waals surface area (Å²) in [6.07, 6.45) is 2.37. The zero-order chi connectivity index (χ0) is 18.5. The number of nitrogens with one attached hydrogen (secondary N) is 2. The molecule has 1 aromatic carbocycles. The number of rotatable bonds is 6. The number of piperidine rings is 1. The van der Waals surface area contributed by atoms with E-state index in [4.69, 9.17) is 9.26 Å². The lowest BCUT2D eigenvalue weighted by atomic mass is 10.0. The van der Waals surface area contributed by atoms with E-state index in [2.05, 4.69) is 22.7 Å². The van der Waals surface area contributed by atoms with E-state index in [1.807, 2.05) is 38.1 Å². The summed E-state index contributed by atoms with van der Waals surface area (Å²) in [6, 6.07) is 8.40. The summed E-state index contributed by atoms with van der Waals surface area (Å²) in [7, 11) is 0. The highest BCUT2D eigenvalue weighted by Gasteiger charge is 2.19. The van der Waals surface area contributed by atoms with Crippen LogP contribution >= 0.6 is 0 Å². The number of aromatic nitrogens is 1. The number of carbonyl (C=O) groups is 1. The molecule has 3 rings (SSSR count). The van der Waals surface area contributed by atoms with E-state index in [0.717, 1.165) is 47.7 Å². The first-order valence-corrected chi connectivity index (χ1v) is 9.17. The molecule has 0 aliphatic carbocycles. The first-order valence-electron chi connectivity index (χ1n) is 9.17. The van der Waals surface area contributed by atoms with Gasteiger partial charge in [0.2, 0.25) is 5.91 Å². The highest BCUT2D eigenvalue weighted by molar-refractivity contribution is 5.78. The fourth-order valence-corrected chi connectivity index (χ4v) is 3.29. The van der Waals surface area contributed by atoms with Crippen LogP contribution in [0.25, 0.3) is 0 Å². The van der Waals surface area contributed by atoms with Crippen LogP contribution in [0.5, 0.6) is 5.75 Å². The summed E-state index contributed by atoms with van der Waals surface area (Å²) < 4.78 is 10.9. The van der Waals surface area contributed by atoms with Crippen LogP contribution < -0.4 is 15.4 Å². The molecule has 6 nitrogen and oxygen atoms in total. The van der Waals surface area contributed by atoms with E-state index >= 15 is 0 Å². The molecule has 1 aliphatic heterocycles. The summed E-state index contributed by atoms with van der Waals surface area (Å²) in [5.41, 5.74) is 2.81. The smallest absolute Gasteiger partial charge is 0.224 e. The Bertz CT molecular complexity index is 720. The van der Waals surface area contributed by atoms with Gasteiger partial charge in [0, 0.05) is 12.1 Å². The fourth-order valence-electron chi connectivity index (χ4n) is 3.29. The number of aryl methyl sites for hydroxylation is 2. The summed E-state index contributed by atoms with van der Waals surface area (Å²) in [6.45, 7) is 7.32. The van der Waals surface area contributed by atoms with Gasteiger partial charge < -0.3 is 19.9 Å². The van der Waals surface area contributed by atoms with Crippen molar-refractivity contribution in [2.45, 2.75) is 58.7 Å². The van der Waals surface area contributed by atoms with Crippen molar-refractivity contribution in [1.82, 2.24) is 15.8 Å². The molecule has 140 valence electrons. The lowest BCUT2D eigenvalue weighted by Crippen LogP contribution is -2.46. The predicted octanol–water partition coefficient (Wildman–Crippen LogP) is 2.67. The number of amides is 1. The van der Waals surface area contributed by atoms with Crippen molar-refractivity contribution in [3.63, 3.8) is 0 Å². The monoisotopic (exact) mass is 357 g/mol. The Labute approximate surface area is 154 Å². The number of carbonyl (C=O) groups excluding carboxylic acids is 1. The predicted molar refractivity (Wildman–Crippen MR) is 99.1 cm³/mol. The zero-order valence-electron chi connectivity index (χ0n) is 15.7. The molecule has 26 heavy (non-hydrogen) atoms. The lowest BCUT2D eigenvalue weighted by molar-refractivity contribution is -0.121. The normalized spacial score (nSPS) is 20.0. The van der Waals surface area contributed by atoms with E-state index in [1.165, 1.54) is 0 Å². The molecule has 1 fully saturated rings. The Morgan fingerprint density at radius 1 is 1.35 bits per heavy atom. The molecular weight excluding hydrogens is 330 g/mol. The second-order valence-corrected chi connectivity index (χ2v) is 7.06. The Hall–Kier alpha value is -2.34. The third-order valence-electron chi connectivity index (χ3n) is 4.84. The molecule has 1 aliphatic rings. The van der Waals surface area contributed by atoms with Crippen molar-refractivity contribution in [3.05, 3.63) is 46.8 Å². The quantitative estimate of drug-likeness (QED) is 0.831. The van der Waals surface area contributed by atoms with Gasteiger partial charge in [-0.3, -0.25) is 4.79 Å². The van der Waals surface area contributed by atoms with Gasteiger partial charge in [0.25, 0.3) is 0 Å². The van der Waals surface area contributed by atoms with E-state index in [1.54, 1.807) is 0 Å². The van der Waals surface area contributed by atoms with Crippen molar-refractivity contribution >= 4 is 5.91 Å². The molecular formula is C20H27N3O3. The van der Waals surface area contributed by atoms with Gasteiger partial charge in [-0.15, -0.1) is 0 Å². The van der Waals surface area contributed by atoms with Crippen LogP contribution in [0.4, 0.5) is 0 Å². The summed E-state index contributed by atoms with van der Waals surface area (Å²) in [5, 5.41) is 10.5. The zero-order valence-corrected chi connectivity index (χ0v) is 15.7. The lowest BCUT2D eigenvalue weighted by Gasteiger charge is -2.28. The third-order valence-corrected chi connectivity index (χ3v) is 4.84. The highest BCUT2D eigenvalue weighted by atomic mass is 16.5. The molecule has 0 spiro atoms. The largest absolute Gasteiger partial charge is 0.489 e. The second-order valence-electron chi connectivity index (χ2n) is 7.06. The summed E-state index contributed by atoms with van der Waals surface area (Å²) >= 11 is 0. The van der Waals surface area contributed by atoms with Crippen LogP contribution in [-0.4, -0.2) is 29.7 Å². The maximum atomic E-state index is 12.2. The maximum Gasteiger partial charge on any atom is 0.224 e. The fraction of sp³-hybridized carbons (Fsp3) is 0.500. The Morgan fingerprint density at radius 2 is 2.12 bits per heavy atom. The van der Waals surface area contributed by atoms with Crippen LogP contribution in [0.15, 0.2) is 28.8 Å². The SMILES string of the molecule is Cc1noc(C)c1COc1ccc(CC(=O)NC2CCNC(C)C2)cc1. The van der Waals surface area contributed by atoms with Gasteiger partial charge >= 0.3 is 0 Å². The average molecular weight is 357 g/mol. The van der Waals surface area contributed by atoms with Gasteiger partial charge in [-0.25, -0.2) is 0 Å². The third kappa shape index (κ3) is 4.85. The highest BCUT2D eigenvalue weighted by Crippen LogP contribution is 2.18. The molecule has 0 radical (unpaired) electrons. The Balaban J connectivity index is 1.48. The first-order chi connectivity index (χ1) is 12.5. The number of nitrogens with zero attached hydrogens (tertiary/aromatic N) is 1. The molecule has 2 N–H and O–H groups in total. The molecule has 0 bridgehead atoms. The number of ether oxygens (including phenoxy) is 1. The molecule has 2 atom stereocenters. The number of hydrogen-bond acceptors (Lipinski definition) is 5. The van der Waals surface area contributed by atoms with Crippen LogP contribution in [0.1, 0.15) is 42.3 Å². The van der Waals surface area contributed by atoms with Crippen molar-refractivity contribution in [1.29, 1.82) is 0 Å². The second kappa shape index (κ2) is 8.36. The van der Waals surface area contributed by atoms with E-state index in [0.29, 0.717) is 19.1 Å². The van der Waals surface area contributed by atoms with Crippen LogP contribution in [0.3, 0.4) is 0 Å². The van der Waals surface area contributed by atoms with Gasteiger partial charge in [0.1, 0.15) is 18.1 Å². The van der Waals surface area contributed by atoms with Crippen molar-refractivity contribution < 1.29 is 14.1 Å². The molecule has 0 saturated carbocycles. The minimum absolute atomic E-state index is 0.0773. The van der Waals surface area contributed by atoms with Crippen molar-refractivity contribution in [2.24, 2.45) is 0 Å². The minimum atomic E-state index is 0.0773. The van der Waals surface area contributed by atoms with E-state index in [-0.39, 0.29) is 11.9 Å². The molecule has 2 aromatic rings. The molecule has 1 amide bonds. The molecule has 2 heterocycles. The maximum absolute atomic E-state index is 12.2. The molecule has 1 aromatic heterocycles. The van der Waals surface area contributed by atoms with Gasteiger partial charge in [0.15, 0.2) is 0 Å². The van der Waals surface area contributed by atoms with Crippen LogP contribution in [0, 0.1) is 13.8 Å². The Morgan fingerprint density at radius 3 is 2.77 bits per heavy atom. The molecule has 2 unspecified atom stereocenters. The van der Waals surface area contributed by atoms with Gasteiger partial charge in [0.05, 0.1) is 17.7 Å². The Kier molecular flexibility index (Phi) is 5.93. The topological polar surface area (TPSA) is 76.4 Å². The summed E-state index contributed by atoms with van der Waals surface area (Å²) in [5.74, 6) is 1.62. The molecule has 1 saturated heterocycles. The van der Waals surface area contributed by atoms with E-state index in [9.17, 15) is 4.79 Å². The van der Waals surface area contributed by atoms with Gasteiger partial charge in [-0.2, -0.15) is 0 Å². The van der Waals surface area contributed by atoms with Crippen molar-refractivity contribution in [3.8, 4) is 5.75 Å². The number of hydrogen-bond donors (Lipinski definition) is 2. The summed E-state index contributed by atoms with van der Waals surface area (Å²) in [4.78, 5) is 12.2. The standard InChI is InChI=1S/C20H27N3O3/c1-13-10-17(8-9-21-13)22-20(24)11-16-4-6-18(7-5-16)25-12-19-14(2)23-26-15(19)3/h4-7,13,17,21H,8-12H2,1-3H3,(H,22,24). The first kappa shape index (κ1) is 18.5. The van der Waals surface area contributed by atoms with Gasteiger partial charge in [-0.1, -0.05) is 17.3 Å².